The van der Waals surface area contributed by atoms with Crippen LogP contribution in [-0.4, -0.2) is 22.7 Å². The average Bonchev–Trinajstić information content (AvgIpc) is 3.15. The minimum absolute atomic E-state index is 0. The maximum absolute atomic E-state index is 9.46. The fraction of sp³-hybridized carbons (Fsp3) is 0.556. The van der Waals surface area contributed by atoms with Crippen LogP contribution in [-0.2, 0) is 36.4 Å². The van der Waals surface area contributed by atoms with E-state index in [9.17, 15) is 2.74 Å². The molecule has 1 aliphatic heterocycles. The zero-order valence-electron chi connectivity index (χ0n) is 23.7. The first-order chi connectivity index (χ1) is 15.4. The number of fused-ring (bicyclic) bond motifs is 6. The molecule has 33 heavy (non-hydrogen) atoms. The molecule has 1 radical (unpaired) electrons. The molecule has 0 spiro atoms. The van der Waals surface area contributed by atoms with Crippen LogP contribution in [0, 0.1) is 11.5 Å². The van der Waals surface area contributed by atoms with Crippen LogP contribution >= 0.6 is 0 Å². The first kappa shape index (κ1) is 22.0. The third kappa shape index (κ3) is 3.03. The largest absolute Gasteiger partial charge is 0.558 e. The van der Waals surface area contributed by atoms with Gasteiger partial charge in [0, 0.05) is 20.1 Å². The van der Waals surface area contributed by atoms with Gasteiger partial charge >= 0.3 is 8.48 Å². The van der Waals surface area contributed by atoms with Crippen molar-refractivity contribution in [1.82, 2.24) is 14.2 Å². The summed E-state index contributed by atoms with van der Waals surface area (Å²) in [7, 11) is -2.59. The number of rotatable bonds is 0. The molecule has 6 heteroatoms. The predicted molar refractivity (Wildman–Crippen MR) is 134 cm³/mol. The molecule has 3 heterocycles. The van der Waals surface area contributed by atoms with Crippen LogP contribution in [0.15, 0.2) is 18.2 Å². The summed E-state index contributed by atoms with van der Waals surface area (Å²) < 4.78 is 27.5. The molecule has 5 rings (SSSR count). The molecular weight excluding hydrogens is 603 g/mol. The molecule has 2 aliphatic rings. The van der Waals surface area contributed by atoms with Crippen LogP contribution in [0.2, 0.25) is 13.1 Å². The number of nitrogens with zero attached hydrogens (tertiary/aromatic N) is 3. The van der Waals surface area contributed by atoms with Crippen molar-refractivity contribution in [2.45, 2.75) is 91.7 Å². The van der Waals surface area contributed by atoms with E-state index in [2.05, 4.69) is 85.7 Å². The molecule has 0 saturated carbocycles. The van der Waals surface area contributed by atoms with Gasteiger partial charge in [-0.15, -0.1) is 12.1 Å². The van der Waals surface area contributed by atoms with E-state index in [1.807, 2.05) is 6.07 Å². The Hall–Kier alpha value is -1.49. The molecule has 1 aromatic carbocycles. The van der Waals surface area contributed by atoms with Crippen LogP contribution in [0.3, 0.4) is 0 Å². The van der Waals surface area contributed by atoms with Gasteiger partial charge < -0.3 is 13.6 Å². The summed E-state index contributed by atoms with van der Waals surface area (Å²) in [6.45, 7) is 24.0. The number of hydrogen-bond donors (Lipinski definition) is 0. The number of hydrogen-bond acceptors (Lipinski definition) is 3. The molecule has 179 valence electrons. The van der Waals surface area contributed by atoms with E-state index in [0.29, 0.717) is 29.0 Å². The molecular formula is C27H36IrN3OSi-. The molecule has 3 aromatic rings. The van der Waals surface area contributed by atoms with Crippen molar-refractivity contribution in [2.75, 3.05) is 0 Å². The maximum Gasteiger partial charge on any atom is 0.342 e. The first-order valence-electron chi connectivity index (χ1n) is 12.6. The number of benzene rings is 1. The van der Waals surface area contributed by atoms with Crippen LogP contribution in [0.1, 0.15) is 81.9 Å². The normalized spacial score (nSPS) is 21.8. The summed E-state index contributed by atoms with van der Waals surface area (Å²) >= 11 is 0. The summed E-state index contributed by atoms with van der Waals surface area (Å²) in [6, 6.07) is 6.23. The van der Waals surface area contributed by atoms with Crippen LogP contribution in [0.5, 0.6) is 5.88 Å². The fourth-order valence-electron chi connectivity index (χ4n) is 5.32. The number of imidazole rings is 1. The van der Waals surface area contributed by atoms with Gasteiger partial charge in [-0.1, -0.05) is 62.3 Å². The number of pyridine rings is 1. The second-order valence-corrected chi connectivity index (χ2v) is 16.2. The third-order valence-electron chi connectivity index (χ3n) is 8.66. The monoisotopic (exact) mass is 641 g/mol. The van der Waals surface area contributed by atoms with Gasteiger partial charge in [-0.05, 0) is 69.2 Å². The molecule has 4 nitrogen and oxygen atoms in total. The minimum atomic E-state index is -2.59. The molecule has 0 saturated heterocycles. The summed E-state index contributed by atoms with van der Waals surface area (Å²) in [5.41, 5.74) is 4.09. The van der Waals surface area contributed by atoms with Gasteiger partial charge in [0.1, 0.15) is 5.88 Å². The van der Waals surface area contributed by atoms with Crippen molar-refractivity contribution < 1.29 is 27.3 Å². The van der Waals surface area contributed by atoms with E-state index >= 15 is 0 Å². The second-order valence-electron chi connectivity index (χ2n) is 12.6. The molecule has 0 fully saturated rings. The van der Waals surface area contributed by atoms with Gasteiger partial charge in [0.2, 0.25) is 0 Å². The molecule has 2 aromatic heterocycles. The van der Waals surface area contributed by atoms with E-state index in [1.165, 1.54) is 0 Å². The van der Waals surface area contributed by atoms with E-state index in [1.54, 1.807) is 0 Å². The zero-order valence-corrected chi connectivity index (χ0v) is 25.1. The van der Waals surface area contributed by atoms with Gasteiger partial charge in [-0.3, -0.25) is 4.98 Å². The molecule has 1 aliphatic carbocycles. The minimum Gasteiger partial charge on any atom is -0.558 e. The Balaban J connectivity index is 0.00000289. The second kappa shape index (κ2) is 6.80. The summed E-state index contributed by atoms with van der Waals surface area (Å²) in [4.78, 5) is 9.88. The van der Waals surface area contributed by atoms with Crippen LogP contribution < -0.4 is 4.43 Å². The standard InChI is InChI=1S/C27H36N3OSi.Ir/c1-24(2,3)21-13-12-16-22-28-19-14-17-18(26(6,7)27(8,9)25(17,4)5)15-20(19)30(22)32(10,11)31-23(16)29-21;/h13-15H,1-11H3;/q-1;/i14D,15D;. The van der Waals surface area contributed by atoms with Gasteiger partial charge in [0.05, 0.1) is 19.6 Å². The van der Waals surface area contributed by atoms with Gasteiger partial charge in [0.15, 0.2) is 0 Å². The summed E-state index contributed by atoms with van der Waals surface area (Å²) in [6.07, 6.45) is 0. The van der Waals surface area contributed by atoms with Crippen molar-refractivity contribution in [3.8, 4) is 17.3 Å². The molecule has 0 amide bonds. The first-order valence-corrected chi connectivity index (χ1v) is 14.4. The van der Waals surface area contributed by atoms with E-state index in [4.69, 9.17) is 14.4 Å². The van der Waals surface area contributed by atoms with Gasteiger partial charge in [0.25, 0.3) is 0 Å². The Morgan fingerprint density at radius 2 is 1.58 bits per heavy atom. The summed E-state index contributed by atoms with van der Waals surface area (Å²) in [5, 5.41) is 0. The Kier molecular flexibility index (Phi) is 4.53. The summed E-state index contributed by atoms with van der Waals surface area (Å²) in [5.74, 6) is 1.29. The molecule has 0 unspecified atom stereocenters. The van der Waals surface area contributed by atoms with E-state index in [0.717, 1.165) is 28.2 Å². The Labute approximate surface area is 215 Å². The van der Waals surface area contributed by atoms with E-state index in [-0.39, 0.29) is 41.8 Å². The molecule has 0 N–H and O–H groups in total. The van der Waals surface area contributed by atoms with Gasteiger partial charge in [-0.2, -0.15) is 0 Å². The van der Waals surface area contributed by atoms with E-state index < -0.39 is 8.48 Å². The quantitative estimate of drug-likeness (QED) is 0.202. The van der Waals surface area contributed by atoms with Crippen molar-refractivity contribution in [2.24, 2.45) is 5.41 Å². The Morgan fingerprint density at radius 3 is 2.15 bits per heavy atom. The smallest absolute Gasteiger partial charge is 0.342 e. The maximum atomic E-state index is 9.46. The van der Waals surface area contributed by atoms with Crippen molar-refractivity contribution >= 4 is 19.5 Å². The van der Waals surface area contributed by atoms with Crippen LogP contribution in [0.25, 0.3) is 22.4 Å². The van der Waals surface area contributed by atoms with Gasteiger partial charge in [-0.25, -0.2) is 0 Å². The SMILES string of the molecule is [2H]c1c2c(c([2H])c3c1nc1n3[Si](C)(C)Oc3nc(C(C)(C)C)c[c-]c3-1)C(C)(C)C(C)(C)C2(C)C.[Ir]. The van der Waals surface area contributed by atoms with Crippen LogP contribution in [0.4, 0.5) is 0 Å². The molecule has 0 bridgehead atoms. The molecule has 0 atom stereocenters. The van der Waals surface area contributed by atoms with Crippen molar-refractivity contribution in [3.63, 3.8) is 0 Å². The topological polar surface area (TPSA) is 39.9 Å². The number of aromatic nitrogens is 3. The van der Waals surface area contributed by atoms with Crippen molar-refractivity contribution in [1.29, 1.82) is 0 Å². The van der Waals surface area contributed by atoms with Crippen molar-refractivity contribution in [3.05, 3.63) is 41.0 Å². The fourth-order valence-corrected chi connectivity index (χ4v) is 7.41. The third-order valence-corrected chi connectivity index (χ3v) is 10.9. The predicted octanol–water partition coefficient (Wildman–Crippen LogP) is 6.73. The Bertz CT molecular complexity index is 1400. The average molecular weight is 641 g/mol. The zero-order chi connectivity index (χ0) is 25.4. The Morgan fingerprint density at radius 1 is 1.00 bits per heavy atom.